The maximum absolute atomic E-state index is 11.4. The maximum Gasteiger partial charge on any atom is 0.322 e. The van der Waals surface area contributed by atoms with E-state index in [2.05, 4.69) is 12.2 Å². The summed E-state index contributed by atoms with van der Waals surface area (Å²) in [5, 5.41) is 5.65. The van der Waals surface area contributed by atoms with Crippen LogP contribution < -0.4 is 5.32 Å². The molecule has 1 aromatic rings. The molecule has 0 atom stereocenters. The van der Waals surface area contributed by atoms with Gasteiger partial charge < -0.3 is 4.90 Å². The molecule has 1 rings (SSSR count). The number of hydrogen-bond donors (Lipinski definition) is 1. The molecule has 13 heavy (non-hydrogen) atoms. The number of amides is 2. The number of carbonyl (C=O) groups is 1. The van der Waals surface area contributed by atoms with Gasteiger partial charge in [-0.2, -0.15) is 0 Å². The highest BCUT2D eigenvalue weighted by atomic mass is 32.1. The highest BCUT2D eigenvalue weighted by molar-refractivity contribution is 7.14. The van der Waals surface area contributed by atoms with Crippen molar-refractivity contribution < 1.29 is 4.79 Å². The molecule has 0 spiro atoms. The molecule has 3 nitrogen and oxygen atoms in total. The van der Waals surface area contributed by atoms with Crippen molar-refractivity contribution in [2.75, 3.05) is 18.9 Å². The minimum atomic E-state index is -0.0377. The molecule has 1 heterocycles. The zero-order chi connectivity index (χ0) is 9.68. The predicted octanol–water partition coefficient (Wildman–Crippen LogP) is 2.62. The van der Waals surface area contributed by atoms with Crippen LogP contribution in [-0.2, 0) is 0 Å². The zero-order valence-electron chi connectivity index (χ0n) is 7.91. The number of nitrogens with one attached hydrogen (secondary N) is 1. The van der Waals surface area contributed by atoms with Gasteiger partial charge in [-0.1, -0.05) is 6.92 Å². The summed E-state index contributed by atoms with van der Waals surface area (Å²) < 4.78 is 0. The second-order valence-corrected chi connectivity index (χ2v) is 3.78. The Hall–Kier alpha value is -1.03. The minimum Gasteiger partial charge on any atom is -0.328 e. The summed E-state index contributed by atoms with van der Waals surface area (Å²) >= 11 is 1.53. The second-order valence-electron chi connectivity index (χ2n) is 2.83. The van der Waals surface area contributed by atoms with Gasteiger partial charge in [-0.05, 0) is 23.9 Å². The summed E-state index contributed by atoms with van der Waals surface area (Å²) in [6.45, 7) is 2.84. The first-order valence-corrected chi connectivity index (χ1v) is 5.17. The monoisotopic (exact) mass is 198 g/mol. The van der Waals surface area contributed by atoms with Crippen molar-refractivity contribution in [1.29, 1.82) is 0 Å². The van der Waals surface area contributed by atoms with Gasteiger partial charge in [0.2, 0.25) is 0 Å². The number of hydrogen-bond acceptors (Lipinski definition) is 2. The van der Waals surface area contributed by atoms with Gasteiger partial charge in [-0.15, -0.1) is 11.3 Å². The molecule has 0 saturated heterocycles. The molecular weight excluding hydrogens is 184 g/mol. The third-order valence-electron chi connectivity index (χ3n) is 1.66. The first-order valence-electron chi connectivity index (χ1n) is 4.29. The number of rotatable bonds is 3. The van der Waals surface area contributed by atoms with E-state index < -0.39 is 0 Å². The SMILES string of the molecule is CCCN(C)C(=O)Nc1cccs1. The van der Waals surface area contributed by atoms with Crippen molar-refractivity contribution in [2.24, 2.45) is 0 Å². The van der Waals surface area contributed by atoms with Crippen LogP contribution in [-0.4, -0.2) is 24.5 Å². The Morgan fingerprint density at radius 2 is 2.46 bits per heavy atom. The van der Waals surface area contributed by atoms with Crippen LogP contribution in [0.25, 0.3) is 0 Å². The van der Waals surface area contributed by atoms with Gasteiger partial charge >= 0.3 is 6.03 Å². The molecule has 72 valence electrons. The Labute approximate surface area is 82.4 Å². The maximum atomic E-state index is 11.4. The van der Waals surface area contributed by atoms with E-state index in [-0.39, 0.29) is 6.03 Å². The fourth-order valence-corrected chi connectivity index (χ4v) is 1.59. The van der Waals surface area contributed by atoms with Gasteiger partial charge in [0.05, 0.1) is 5.00 Å². The highest BCUT2D eigenvalue weighted by Crippen LogP contribution is 2.15. The number of carbonyl (C=O) groups excluding carboxylic acids is 1. The molecule has 1 N–H and O–H groups in total. The van der Waals surface area contributed by atoms with Crippen molar-refractivity contribution in [2.45, 2.75) is 13.3 Å². The molecule has 0 fully saturated rings. The molecule has 0 aromatic carbocycles. The van der Waals surface area contributed by atoms with Gasteiger partial charge in [0.25, 0.3) is 0 Å². The van der Waals surface area contributed by atoms with Crippen LogP contribution in [0.4, 0.5) is 9.80 Å². The number of urea groups is 1. The lowest BCUT2D eigenvalue weighted by atomic mass is 10.4. The molecule has 0 aliphatic carbocycles. The van der Waals surface area contributed by atoms with Crippen LogP contribution in [0, 0.1) is 0 Å². The summed E-state index contributed by atoms with van der Waals surface area (Å²) in [6, 6.07) is 3.77. The molecular formula is C9H14N2OS. The summed E-state index contributed by atoms with van der Waals surface area (Å²) in [6.07, 6.45) is 0.981. The third kappa shape index (κ3) is 3.06. The molecule has 4 heteroatoms. The van der Waals surface area contributed by atoms with Crippen LogP contribution in [0.1, 0.15) is 13.3 Å². The van der Waals surface area contributed by atoms with E-state index in [4.69, 9.17) is 0 Å². The van der Waals surface area contributed by atoms with Crippen LogP contribution in [0.3, 0.4) is 0 Å². The molecule has 0 saturated carbocycles. The molecule has 0 radical (unpaired) electrons. The van der Waals surface area contributed by atoms with Crippen molar-refractivity contribution in [3.05, 3.63) is 17.5 Å². The molecule has 0 bridgehead atoms. The highest BCUT2D eigenvalue weighted by Gasteiger charge is 2.06. The quantitative estimate of drug-likeness (QED) is 0.795. The Morgan fingerprint density at radius 3 is 3.00 bits per heavy atom. The Kier molecular flexibility index (Phi) is 3.76. The first-order chi connectivity index (χ1) is 6.24. The Bertz CT molecular complexity index is 259. The third-order valence-corrected chi connectivity index (χ3v) is 2.44. The van der Waals surface area contributed by atoms with Gasteiger partial charge in [-0.25, -0.2) is 4.79 Å². The van der Waals surface area contributed by atoms with E-state index >= 15 is 0 Å². The lowest BCUT2D eigenvalue weighted by Crippen LogP contribution is -2.31. The average Bonchev–Trinajstić information content (AvgIpc) is 2.57. The predicted molar refractivity (Wildman–Crippen MR) is 56.3 cm³/mol. The molecule has 1 aromatic heterocycles. The molecule has 2 amide bonds. The van der Waals surface area contributed by atoms with Gasteiger partial charge in [0, 0.05) is 13.6 Å². The molecule has 0 aliphatic rings. The normalized spacial score (nSPS) is 9.69. The van der Waals surface area contributed by atoms with E-state index in [0.29, 0.717) is 0 Å². The number of thiophene rings is 1. The molecule has 0 unspecified atom stereocenters. The summed E-state index contributed by atoms with van der Waals surface area (Å²) in [5.41, 5.74) is 0. The molecule has 0 aliphatic heterocycles. The fourth-order valence-electron chi connectivity index (χ4n) is 0.987. The van der Waals surface area contributed by atoms with E-state index in [9.17, 15) is 4.79 Å². The second kappa shape index (κ2) is 4.87. The van der Waals surface area contributed by atoms with Crippen molar-refractivity contribution >= 4 is 22.4 Å². The van der Waals surface area contributed by atoms with Crippen molar-refractivity contribution in [3.63, 3.8) is 0 Å². The van der Waals surface area contributed by atoms with Crippen LogP contribution in [0.15, 0.2) is 17.5 Å². The van der Waals surface area contributed by atoms with E-state index in [1.165, 1.54) is 11.3 Å². The fraction of sp³-hybridized carbons (Fsp3) is 0.444. The van der Waals surface area contributed by atoms with E-state index in [1.54, 1.807) is 11.9 Å². The summed E-state index contributed by atoms with van der Waals surface area (Å²) in [5.74, 6) is 0. The van der Waals surface area contributed by atoms with Crippen LogP contribution >= 0.6 is 11.3 Å². The summed E-state index contributed by atoms with van der Waals surface area (Å²) in [4.78, 5) is 13.1. The van der Waals surface area contributed by atoms with Crippen LogP contribution in [0.5, 0.6) is 0 Å². The summed E-state index contributed by atoms with van der Waals surface area (Å²) in [7, 11) is 1.80. The van der Waals surface area contributed by atoms with Crippen LogP contribution in [0.2, 0.25) is 0 Å². The standard InChI is InChI=1S/C9H14N2OS/c1-3-6-11(2)9(12)10-8-5-4-7-13-8/h4-5,7H,3,6H2,1-2H3,(H,10,12). The topological polar surface area (TPSA) is 32.3 Å². The minimum absolute atomic E-state index is 0.0377. The lowest BCUT2D eigenvalue weighted by Gasteiger charge is -2.15. The van der Waals surface area contributed by atoms with Gasteiger partial charge in [0.15, 0.2) is 0 Å². The largest absolute Gasteiger partial charge is 0.328 e. The van der Waals surface area contributed by atoms with Crippen molar-refractivity contribution in [1.82, 2.24) is 4.90 Å². The average molecular weight is 198 g/mol. The Morgan fingerprint density at radius 1 is 1.69 bits per heavy atom. The van der Waals surface area contributed by atoms with Crippen molar-refractivity contribution in [3.8, 4) is 0 Å². The zero-order valence-corrected chi connectivity index (χ0v) is 8.73. The Balaban J connectivity index is 2.41. The van der Waals surface area contributed by atoms with E-state index in [0.717, 1.165) is 18.0 Å². The van der Waals surface area contributed by atoms with Gasteiger partial charge in [-0.3, -0.25) is 5.32 Å². The number of anilines is 1. The van der Waals surface area contributed by atoms with E-state index in [1.807, 2.05) is 17.5 Å². The lowest BCUT2D eigenvalue weighted by molar-refractivity contribution is 0.222. The smallest absolute Gasteiger partial charge is 0.322 e. The van der Waals surface area contributed by atoms with Gasteiger partial charge in [0.1, 0.15) is 0 Å². The first kappa shape index (κ1) is 10.1. The number of nitrogens with zero attached hydrogens (tertiary/aromatic N) is 1.